The summed E-state index contributed by atoms with van der Waals surface area (Å²) in [5.74, 6) is -1.57. The molecule has 0 bridgehead atoms. The van der Waals surface area contributed by atoms with Crippen LogP contribution in [0.15, 0.2) is 56.4 Å². The Morgan fingerprint density at radius 3 is 2.51 bits per heavy atom. The van der Waals surface area contributed by atoms with Crippen molar-refractivity contribution in [1.82, 2.24) is 10.3 Å². The van der Waals surface area contributed by atoms with Crippen molar-refractivity contribution in [2.75, 3.05) is 0 Å². The van der Waals surface area contributed by atoms with Gasteiger partial charge in [0.05, 0.1) is 6.26 Å². The van der Waals surface area contributed by atoms with Crippen LogP contribution in [0.5, 0.6) is 0 Å². The highest BCUT2D eigenvalue weighted by Gasteiger charge is 2.25. The minimum atomic E-state index is -1.12. The second-order valence-electron chi connectivity index (χ2n) is 11.2. The van der Waals surface area contributed by atoms with Crippen LogP contribution in [0.3, 0.4) is 0 Å². The van der Waals surface area contributed by atoms with E-state index in [0.29, 0.717) is 16.7 Å². The number of rotatable bonds is 7. The lowest BCUT2D eigenvalue weighted by atomic mass is 9.86. The molecule has 0 spiro atoms. The summed E-state index contributed by atoms with van der Waals surface area (Å²) >= 11 is 0. The number of nitrogens with one attached hydrogen (secondary N) is 2. The topological polar surface area (TPSA) is 126 Å². The summed E-state index contributed by atoms with van der Waals surface area (Å²) in [5, 5.41) is 15.1. The lowest BCUT2D eigenvalue weighted by Gasteiger charge is -2.17. The fourth-order valence-corrected chi connectivity index (χ4v) is 5.29. The van der Waals surface area contributed by atoms with Gasteiger partial charge in [-0.05, 0) is 48.9 Å². The first-order valence-corrected chi connectivity index (χ1v) is 13.0. The number of carboxylic acids is 1. The van der Waals surface area contributed by atoms with Crippen LogP contribution in [0.1, 0.15) is 55.0 Å². The lowest BCUT2D eigenvalue weighted by Crippen LogP contribution is -2.42. The van der Waals surface area contributed by atoms with Crippen LogP contribution in [-0.4, -0.2) is 28.0 Å². The second kappa shape index (κ2) is 9.76. The molecule has 0 saturated carbocycles. The predicted octanol–water partition coefficient (Wildman–Crippen LogP) is 5.68. The molecular formula is C31H32N2O6. The molecule has 2 aromatic carbocycles. The SMILES string of the molecule is Cc1c(CCC(=O)NC(Cc2c[nH]c3ccccc23)C(=O)O)c(=O)oc2c(C)c3occ(C(C)(C)C)c3cc12. The fourth-order valence-electron chi connectivity index (χ4n) is 5.29. The van der Waals surface area contributed by atoms with Gasteiger partial charge in [-0.15, -0.1) is 0 Å². The molecule has 0 aliphatic heterocycles. The number of carboxylic acid groups (broad SMARTS) is 1. The van der Waals surface area contributed by atoms with Crippen molar-refractivity contribution < 1.29 is 23.5 Å². The van der Waals surface area contributed by atoms with Crippen molar-refractivity contribution in [3.63, 3.8) is 0 Å². The lowest BCUT2D eigenvalue weighted by molar-refractivity contribution is -0.141. The maximum Gasteiger partial charge on any atom is 0.339 e. The number of fused-ring (bicyclic) bond motifs is 3. The van der Waals surface area contributed by atoms with Gasteiger partial charge in [-0.25, -0.2) is 9.59 Å². The van der Waals surface area contributed by atoms with Crippen LogP contribution in [0, 0.1) is 13.8 Å². The smallest absolute Gasteiger partial charge is 0.339 e. The summed E-state index contributed by atoms with van der Waals surface area (Å²) in [6, 6.07) is 8.49. The van der Waals surface area contributed by atoms with E-state index in [2.05, 4.69) is 31.1 Å². The maximum absolute atomic E-state index is 13.0. The van der Waals surface area contributed by atoms with Crippen LogP contribution in [0.2, 0.25) is 0 Å². The van der Waals surface area contributed by atoms with Crippen LogP contribution in [0.25, 0.3) is 32.8 Å². The van der Waals surface area contributed by atoms with E-state index in [0.717, 1.165) is 43.9 Å². The van der Waals surface area contributed by atoms with Gasteiger partial charge < -0.3 is 24.2 Å². The summed E-state index contributed by atoms with van der Waals surface area (Å²) in [6.07, 6.45) is 3.74. The molecule has 0 fully saturated rings. The normalized spacial score (nSPS) is 12.8. The highest BCUT2D eigenvalue weighted by atomic mass is 16.4. The van der Waals surface area contributed by atoms with Gasteiger partial charge in [0.15, 0.2) is 0 Å². The third kappa shape index (κ3) is 4.82. The predicted molar refractivity (Wildman–Crippen MR) is 150 cm³/mol. The number of benzene rings is 2. The Morgan fingerprint density at radius 2 is 1.79 bits per heavy atom. The Morgan fingerprint density at radius 1 is 1.05 bits per heavy atom. The fraction of sp³-hybridized carbons (Fsp3) is 0.323. The molecule has 3 heterocycles. The van der Waals surface area contributed by atoms with Crippen LogP contribution < -0.4 is 10.9 Å². The molecule has 8 nitrogen and oxygen atoms in total. The van der Waals surface area contributed by atoms with Gasteiger partial charge in [-0.1, -0.05) is 39.0 Å². The van der Waals surface area contributed by atoms with Gasteiger partial charge >= 0.3 is 11.6 Å². The molecule has 39 heavy (non-hydrogen) atoms. The van der Waals surface area contributed by atoms with Crippen molar-refractivity contribution in [2.45, 2.75) is 65.3 Å². The number of aromatic nitrogens is 1. The molecular weight excluding hydrogens is 496 g/mol. The molecule has 3 N–H and O–H groups in total. The van der Waals surface area contributed by atoms with Crippen LogP contribution >= 0.6 is 0 Å². The molecule has 5 aromatic rings. The number of aliphatic carboxylic acids is 1. The summed E-state index contributed by atoms with van der Waals surface area (Å²) in [5.41, 5.74) is 5.19. The number of para-hydroxylation sites is 1. The number of H-pyrrole nitrogens is 1. The minimum Gasteiger partial charge on any atom is -0.480 e. The standard InChI is InChI=1S/C31H32N2O6/c1-16-19(30(37)39-28-17(2)27-22(13-21(16)28)23(15-38-27)31(3,4)5)10-11-26(34)33-25(29(35)36)12-18-14-32-24-9-7-6-8-20(18)24/h6-9,13-15,25,32H,10-12H2,1-5H3,(H,33,34)(H,35,36). The van der Waals surface area contributed by atoms with E-state index < -0.39 is 23.5 Å². The Bertz CT molecular complexity index is 1800. The molecule has 0 radical (unpaired) electrons. The van der Waals surface area contributed by atoms with Gasteiger partial charge in [0, 0.05) is 57.4 Å². The maximum atomic E-state index is 13.0. The molecule has 1 unspecified atom stereocenters. The molecule has 5 rings (SSSR count). The first-order chi connectivity index (χ1) is 18.5. The van der Waals surface area contributed by atoms with Gasteiger partial charge in [0.25, 0.3) is 0 Å². The van der Waals surface area contributed by atoms with E-state index in [9.17, 15) is 19.5 Å². The Hall–Kier alpha value is -4.33. The minimum absolute atomic E-state index is 0.0467. The number of hydrogen-bond acceptors (Lipinski definition) is 5. The number of aromatic amines is 1. The molecule has 1 atom stereocenters. The van der Waals surface area contributed by atoms with Crippen molar-refractivity contribution in [3.05, 3.63) is 81.0 Å². The molecule has 0 aliphatic rings. The largest absolute Gasteiger partial charge is 0.480 e. The average Bonchev–Trinajstić information content (AvgIpc) is 3.49. The number of hydrogen-bond donors (Lipinski definition) is 3. The number of aryl methyl sites for hydroxylation is 2. The molecule has 202 valence electrons. The van der Waals surface area contributed by atoms with Gasteiger partial charge in [0.1, 0.15) is 17.2 Å². The average molecular weight is 529 g/mol. The zero-order chi connectivity index (χ0) is 28.1. The van der Waals surface area contributed by atoms with E-state index >= 15 is 0 Å². The first kappa shape index (κ1) is 26.3. The third-order valence-corrected chi connectivity index (χ3v) is 7.48. The van der Waals surface area contributed by atoms with Crippen molar-refractivity contribution in [1.29, 1.82) is 0 Å². The van der Waals surface area contributed by atoms with Crippen LogP contribution in [-0.2, 0) is 27.8 Å². The van der Waals surface area contributed by atoms with Gasteiger partial charge in [0.2, 0.25) is 5.91 Å². The molecule has 8 heteroatoms. The second-order valence-corrected chi connectivity index (χ2v) is 11.2. The summed E-state index contributed by atoms with van der Waals surface area (Å²) in [6.45, 7) is 10.1. The van der Waals surface area contributed by atoms with E-state index in [1.807, 2.05) is 44.2 Å². The highest BCUT2D eigenvalue weighted by molar-refractivity contribution is 6.00. The Balaban J connectivity index is 1.39. The highest BCUT2D eigenvalue weighted by Crippen LogP contribution is 2.37. The first-order valence-electron chi connectivity index (χ1n) is 13.0. The van der Waals surface area contributed by atoms with Gasteiger partial charge in [-0.2, -0.15) is 0 Å². The molecule has 3 aromatic heterocycles. The summed E-state index contributed by atoms with van der Waals surface area (Å²) in [7, 11) is 0. The molecule has 0 aliphatic carbocycles. The van der Waals surface area contributed by atoms with Gasteiger partial charge in [-0.3, -0.25) is 4.79 Å². The van der Waals surface area contributed by atoms with Crippen molar-refractivity contribution in [3.8, 4) is 0 Å². The summed E-state index contributed by atoms with van der Waals surface area (Å²) < 4.78 is 11.6. The summed E-state index contributed by atoms with van der Waals surface area (Å²) in [4.78, 5) is 40.9. The Labute approximate surface area is 225 Å². The zero-order valence-corrected chi connectivity index (χ0v) is 22.7. The number of carbonyl (C=O) groups is 2. The van der Waals surface area contributed by atoms with Crippen LogP contribution in [0.4, 0.5) is 0 Å². The number of carbonyl (C=O) groups excluding carboxylic acids is 1. The van der Waals surface area contributed by atoms with E-state index in [1.165, 1.54) is 0 Å². The van der Waals surface area contributed by atoms with Crippen molar-refractivity contribution in [2.24, 2.45) is 0 Å². The van der Waals surface area contributed by atoms with E-state index in [1.54, 1.807) is 12.5 Å². The number of furan rings is 1. The third-order valence-electron chi connectivity index (χ3n) is 7.48. The van der Waals surface area contributed by atoms with Crippen molar-refractivity contribution >= 4 is 44.7 Å². The monoisotopic (exact) mass is 528 g/mol. The van der Waals surface area contributed by atoms with E-state index in [4.69, 9.17) is 8.83 Å². The number of amides is 1. The van der Waals surface area contributed by atoms with E-state index in [-0.39, 0.29) is 24.7 Å². The quantitative estimate of drug-likeness (QED) is 0.233. The zero-order valence-electron chi connectivity index (χ0n) is 22.7. The molecule has 0 saturated heterocycles. The Kier molecular flexibility index (Phi) is 6.58. The molecule has 1 amide bonds.